The van der Waals surface area contributed by atoms with Gasteiger partial charge in [-0.25, -0.2) is 4.79 Å². The molecule has 1 heterocycles. The highest BCUT2D eigenvalue weighted by molar-refractivity contribution is 5.85. The molecule has 2 rings (SSSR count). The van der Waals surface area contributed by atoms with Gasteiger partial charge in [0.2, 0.25) is 5.91 Å². The fourth-order valence-corrected chi connectivity index (χ4v) is 2.83. The molecule has 0 aliphatic carbocycles. The molecule has 1 atom stereocenters. The Labute approximate surface area is 165 Å². The van der Waals surface area contributed by atoms with Gasteiger partial charge in [-0.05, 0) is 31.9 Å². The van der Waals surface area contributed by atoms with Gasteiger partial charge >= 0.3 is 12.1 Å². The summed E-state index contributed by atoms with van der Waals surface area (Å²) in [5, 5.41) is 12.0. The summed E-state index contributed by atoms with van der Waals surface area (Å²) >= 11 is 0. The smallest absolute Gasteiger partial charge is 0.437 e. The maximum Gasteiger partial charge on any atom is 0.437 e. The number of benzene rings is 1. The van der Waals surface area contributed by atoms with Crippen LogP contribution in [-0.4, -0.2) is 46.7 Å². The second kappa shape index (κ2) is 9.15. The molecule has 0 spiro atoms. The molecule has 29 heavy (non-hydrogen) atoms. The van der Waals surface area contributed by atoms with Crippen LogP contribution < -0.4 is 4.74 Å². The van der Waals surface area contributed by atoms with E-state index in [1.165, 1.54) is 26.1 Å². The zero-order valence-electron chi connectivity index (χ0n) is 16.4. The maximum atomic E-state index is 13.0. The van der Waals surface area contributed by atoms with Gasteiger partial charge in [0.25, 0.3) is 0 Å². The summed E-state index contributed by atoms with van der Waals surface area (Å²) in [6.07, 6.45) is -3.11. The molecule has 160 valence electrons. The Hall–Kier alpha value is -2.78. The van der Waals surface area contributed by atoms with E-state index >= 15 is 0 Å². The Morgan fingerprint density at radius 3 is 2.62 bits per heavy atom. The number of halogens is 3. The fraction of sp³-hybridized carbons (Fsp3) is 0.526. The van der Waals surface area contributed by atoms with Crippen LogP contribution in [0, 0.1) is 0 Å². The number of hydrogen-bond acceptors (Lipinski definition) is 5. The van der Waals surface area contributed by atoms with Crippen LogP contribution in [-0.2, 0) is 22.2 Å². The van der Waals surface area contributed by atoms with Crippen molar-refractivity contribution in [3.63, 3.8) is 0 Å². The molecular weight excluding hydrogens is 393 g/mol. The number of ether oxygens (including phenoxy) is 1. The largest absolute Gasteiger partial charge is 0.493 e. The van der Waals surface area contributed by atoms with E-state index < -0.39 is 23.9 Å². The predicted molar refractivity (Wildman–Crippen MR) is 97.6 cm³/mol. The van der Waals surface area contributed by atoms with E-state index in [-0.39, 0.29) is 29.9 Å². The van der Waals surface area contributed by atoms with E-state index in [2.05, 4.69) is 5.16 Å². The first kappa shape index (κ1) is 22.5. The molecule has 1 aromatic carbocycles. The van der Waals surface area contributed by atoms with Gasteiger partial charge in [0.1, 0.15) is 11.8 Å². The van der Waals surface area contributed by atoms with E-state index in [4.69, 9.17) is 14.4 Å². The molecule has 1 aromatic heterocycles. The van der Waals surface area contributed by atoms with Crippen molar-refractivity contribution in [2.45, 2.75) is 51.7 Å². The highest BCUT2D eigenvalue weighted by Gasteiger charge is 2.37. The Morgan fingerprint density at radius 1 is 1.34 bits per heavy atom. The lowest BCUT2D eigenvalue weighted by atomic mass is 10.0. The lowest BCUT2D eigenvalue weighted by Gasteiger charge is -2.21. The molecule has 0 saturated heterocycles. The van der Waals surface area contributed by atoms with E-state index in [9.17, 15) is 22.8 Å². The van der Waals surface area contributed by atoms with Gasteiger partial charge in [0.15, 0.2) is 11.3 Å². The number of likely N-dealkylation sites (N-methyl/N-ethyl adjacent to an activating group) is 1. The zero-order chi connectivity index (χ0) is 21.8. The summed E-state index contributed by atoms with van der Waals surface area (Å²) in [4.78, 5) is 24.1. The van der Waals surface area contributed by atoms with Crippen molar-refractivity contribution < 1.29 is 37.1 Å². The second-order valence-electron chi connectivity index (χ2n) is 6.67. The lowest BCUT2D eigenvalue weighted by Crippen LogP contribution is -2.40. The monoisotopic (exact) mass is 416 g/mol. The number of hydrogen-bond donors (Lipinski definition) is 1. The number of amides is 1. The minimum atomic E-state index is -4.61. The Kier molecular flexibility index (Phi) is 7.10. The van der Waals surface area contributed by atoms with E-state index in [1.54, 1.807) is 0 Å². The van der Waals surface area contributed by atoms with Gasteiger partial charge < -0.3 is 19.3 Å². The third-order valence-corrected chi connectivity index (χ3v) is 4.59. The van der Waals surface area contributed by atoms with Gasteiger partial charge in [-0.1, -0.05) is 18.5 Å². The Morgan fingerprint density at radius 2 is 2.03 bits per heavy atom. The average Bonchev–Trinajstić information content (AvgIpc) is 3.09. The number of alkyl halides is 3. The third kappa shape index (κ3) is 5.18. The lowest BCUT2D eigenvalue weighted by molar-refractivity contribution is -0.148. The Balaban J connectivity index is 2.07. The molecule has 0 saturated carbocycles. The molecule has 0 radical (unpaired) electrons. The fourth-order valence-electron chi connectivity index (χ4n) is 2.83. The minimum absolute atomic E-state index is 0.0442. The van der Waals surface area contributed by atoms with Gasteiger partial charge in [-0.2, -0.15) is 13.2 Å². The number of carbonyl (C=O) groups is 2. The van der Waals surface area contributed by atoms with Gasteiger partial charge in [0, 0.05) is 19.0 Å². The topological polar surface area (TPSA) is 92.9 Å². The minimum Gasteiger partial charge on any atom is -0.493 e. The number of nitrogens with zero attached hydrogens (tertiary/aromatic N) is 2. The molecular formula is C19H23F3N2O5. The number of fused-ring (bicyclic) bond motifs is 1. The molecule has 1 amide bonds. The number of aryl methyl sites for hydroxylation is 1. The molecule has 0 unspecified atom stereocenters. The third-order valence-electron chi connectivity index (χ3n) is 4.59. The standard InChI is InChI=1S/C19H23F3N2O5/c1-4-6-12-14(9-8-13-16(12)29-23-17(13)19(20,21)22)28-10-5-7-15(25)24(3)11(2)18(26)27/h8-9,11H,4-7,10H2,1-3H3,(H,26,27)/t11-/m0/s1. The number of carbonyl (C=O) groups excluding carboxylic acids is 1. The molecule has 0 aliphatic heterocycles. The number of carboxylic acids is 1. The van der Waals surface area contributed by atoms with Crippen LogP contribution in [0.4, 0.5) is 13.2 Å². The first-order valence-electron chi connectivity index (χ1n) is 9.17. The van der Waals surface area contributed by atoms with Gasteiger partial charge in [-0.15, -0.1) is 0 Å². The van der Waals surface area contributed by atoms with Crippen LogP contribution in [0.15, 0.2) is 16.7 Å². The van der Waals surface area contributed by atoms with Crippen molar-refractivity contribution in [2.75, 3.05) is 13.7 Å². The molecule has 10 heteroatoms. The molecule has 0 bridgehead atoms. The molecule has 2 aromatic rings. The summed E-state index contributed by atoms with van der Waals surface area (Å²) < 4.78 is 49.7. The number of aromatic nitrogens is 1. The van der Waals surface area contributed by atoms with Gasteiger partial charge in [-0.3, -0.25) is 4.79 Å². The number of rotatable bonds is 9. The molecule has 0 fully saturated rings. The summed E-state index contributed by atoms with van der Waals surface area (Å²) in [5.41, 5.74) is -0.531. The summed E-state index contributed by atoms with van der Waals surface area (Å²) in [5.74, 6) is -1.05. The zero-order valence-corrected chi connectivity index (χ0v) is 16.4. The average molecular weight is 416 g/mol. The number of carboxylic acid groups (broad SMARTS) is 1. The van der Waals surface area contributed by atoms with Gasteiger partial charge in [0.05, 0.1) is 12.0 Å². The second-order valence-corrected chi connectivity index (χ2v) is 6.67. The highest BCUT2D eigenvalue weighted by atomic mass is 19.4. The maximum absolute atomic E-state index is 13.0. The van der Waals surface area contributed by atoms with Crippen molar-refractivity contribution in [3.8, 4) is 5.75 Å². The summed E-state index contributed by atoms with van der Waals surface area (Å²) in [6, 6.07) is 1.77. The molecule has 0 aliphatic rings. The first-order chi connectivity index (χ1) is 13.6. The summed E-state index contributed by atoms with van der Waals surface area (Å²) in [6.45, 7) is 3.43. The van der Waals surface area contributed by atoms with Crippen LogP contribution in [0.1, 0.15) is 44.4 Å². The van der Waals surface area contributed by atoms with Crippen molar-refractivity contribution in [1.29, 1.82) is 0 Å². The SMILES string of the molecule is CCCc1c(OCCCC(=O)N(C)[C@@H](C)C(=O)O)ccc2c(C(F)(F)F)noc12. The first-order valence-corrected chi connectivity index (χ1v) is 9.17. The van der Waals surface area contributed by atoms with Crippen LogP contribution in [0.2, 0.25) is 0 Å². The van der Waals surface area contributed by atoms with Crippen LogP contribution >= 0.6 is 0 Å². The van der Waals surface area contributed by atoms with E-state index in [0.717, 1.165) is 4.90 Å². The highest BCUT2D eigenvalue weighted by Crippen LogP contribution is 2.38. The quantitative estimate of drug-likeness (QED) is 0.624. The van der Waals surface area contributed by atoms with Crippen LogP contribution in [0.25, 0.3) is 11.0 Å². The van der Waals surface area contributed by atoms with Crippen molar-refractivity contribution in [3.05, 3.63) is 23.4 Å². The number of aliphatic carboxylic acids is 1. The van der Waals surface area contributed by atoms with Crippen molar-refractivity contribution >= 4 is 22.8 Å². The Bertz CT molecular complexity index is 879. The predicted octanol–water partition coefficient (Wildman–Crippen LogP) is 3.89. The van der Waals surface area contributed by atoms with E-state index in [0.29, 0.717) is 30.6 Å². The van der Waals surface area contributed by atoms with Crippen molar-refractivity contribution in [2.24, 2.45) is 0 Å². The normalized spacial score (nSPS) is 12.8. The van der Waals surface area contributed by atoms with Crippen LogP contribution in [0.3, 0.4) is 0 Å². The van der Waals surface area contributed by atoms with Crippen LogP contribution in [0.5, 0.6) is 5.75 Å². The molecule has 7 nitrogen and oxygen atoms in total. The van der Waals surface area contributed by atoms with Crippen molar-refractivity contribution in [1.82, 2.24) is 10.1 Å². The van der Waals surface area contributed by atoms with E-state index in [1.807, 2.05) is 6.92 Å². The molecule has 1 N–H and O–H groups in total. The summed E-state index contributed by atoms with van der Waals surface area (Å²) in [7, 11) is 1.41.